The minimum atomic E-state index is -0.508. The summed E-state index contributed by atoms with van der Waals surface area (Å²) in [6, 6.07) is 9.70. The molecule has 0 amide bonds. The lowest BCUT2D eigenvalue weighted by atomic mass is 10.0. The van der Waals surface area contributed by atoms with Crippen molar-refractivity contribution in [3.8, 4) is 0 Å². The fourth-order valence-corrected chi connectivity index (χ4v) is 1.70. The zero-order valence-electron chi connectivity index (χ0n) is 9.52. The maximum Gasteiger partial charge on any atom is 0.105 e. The summed E-state index contributed by atoms with van der Waals surface area (Å²) in [5.74, 6) is 0. The largest absolute Gasteiger partial charge is 0.386 e. The molecule has 2 nitrogen and oxygen atoms in total. The van der Waals surface area contributed by atoms with Crippen LogP contribution in [-0.2, 0) is 4.74 Å². The van der Waals surface area contributed by atoms with E-state index in [-0.39, 0.29) is 6.10 Å². The Labute approximate surface area is 91.9 Å². The van der Waals surface area contributed by atoms with Gasteiger partial charge in [-0.25, -0.2) is 0 Å². The van der Waals surface area contributed by atoms with Crippen molar-refractivity contribution in [1.29, 1.82) is 0 Å². The minimum absolute atomic E-state index is 0.0811. The van der Waals surface area contributed by atoms with E-state index in [2.05, 4.69) is 6.92 Å². The maximum absolute atomic E-state index is 10.1. The Kier molecular flexibility index (Phi) is 5.37. The van der Waals surface area contributed by atoms with Crippen molar-refractivity contribution in [2.24, 2.45) is 0 Å². The summed E-state index contributed by atoms with van der Waals surface area (Å²) in [4.78, 5) is 0. The smallest absolute Gasteiger partial charge is 0.105 e. The van der Waals surface area contributed by atoms with E-state index in [1.54, 1.807) is 0 Å². The zero-order chi connectivity index (χ0) is 11.1. The molecular weight excluding hydrogens is 188 g/mol. The highest BCUT2D eigenvalue weighted by Crippen LogP contribution is 2.22. The van der Waals surface area contributed by atoms with E-state index in [4.69, 9.17) is 4.74 Å². The second kappa shape index (κ2) is 6.59. The number of rotatable bonds is 6. The van der Waals surface area contributed by atoms with E-state index < -0.39 is 6.10 Å². The molecule has 2 atom stereocenters. The summed E-state index contributed by atoms with van der Waals surface area (Å²) in [6.45, 7) is 4.71. The standard InChI is InChI=1S/C13H20O2/c1-3-8-12(15-4-2)13(14)11-9-6-5-7-10-11/h5-7,9-10,12-14H,3-4,8H2,1-2H3. The lowest BCUT2D eigenvalue weighted by Crippen LogP contribution is -2.22. The average molecular weight is 208 g/mol. The molecule has 2 unspecified atom stereocenters. The third kappa shape index (κ3) is 3.65. The van der Waals surface area contributed by atoms with Crippen molar-refractivity contribution < 1.29 is 9.84 Å². The lowest BCUT2D eigenvalue weighted by Gasteiger charge is -2.22. The highest BCUT2D eigenvalue weighted by molar-refractivity contribution is 5.18. The van der Waals surface area contributed by atoms with Gasteiger partial charge < -0.3 is 9.84 Å². The molecule has 1 N–H and O–H groups in total. The van der Waals surface area contributed by atoms with Gasteiger partial charge in [-0.3, -0.25) is 0 Å². The van der Waals surface area contributed by atoms with Crippen LogP contribution in [0.3, 0.4) is 0 Å². The van der Waals surface area contributed by atoms with Gasteiger partial charge in [-0.15, -0.1) is 0 Å². The van der Waals surface area contributed by atoms with Gasteiger partial charge in [0.2, 0.25) is 0 Å². The summed E-state index contributed by atoms with van der Waals surface area (Å²) in [6.07, 6.45) is 1.33. The molecule has 84 valence electrons. The second-order valence-electron chi connectivity index (χ2n) is 3.64. The van der Waals surface area contributed by atoms with Crippen LogP contribution in [0, 0.1) is 0 Å². The first-order valence-corrected chi connectivity index (χ1v) is 5.64. The molecule has 0 spiro atoms. The van der Waals surface area contributed by atoms with Crippen molar-refractivity contribution in [2.45, 2.75) is 38.9 Å². The van der Waals surface area contributed by atoms with E-state index in [0.717, 1.165) is 18.4 Å². The Morgan fingerprint density at radius 3 is 2.40 bits per heavy atom. The summed E-state index contributed by atoms with van der Waals surface area (Å²) < 4.78 is 5.55. The molecule has 0 radical (unpaired) electrons. The Morgan fingerprint density at radius 1 is 1.20 bits per heavy atom. The first-order valence-electron chi connectivity index (χ1n) is 5.64. The SMILES string of the molecule is CCCC(OCC)C(O)c1ccccc1. The molecule has 0 bridgehead atoms. The Balaban J connectivity index is 2.67. The molecule has 0 aliphatic heterocycles. The summed E-state index contributed by atoms with van der Waals surface area (Å²) in [5.41, 5.74) is 0.935. The highest BCUT2D eigenvalue weighted by Gasteiger charge is 2.19. The lowest BCUT2D eigenvalue weighted by molar-refractivity contribution is -0.0384. The fraction of sp³-hybridized carbons (Fsp3) is 0.538. The predicted molar refractivity (Wildman–Crippen MR) is 61.7 cm³/mol. The molecule has 0 fully saturated rings. The molecule has 0 aromatic heterocycles. The van der Waals surface area contributed by atoms with Crippen LogP contribution in [0.15, 0.2) is 30.3 Å². The average Bonchev–Trinajstić information content (AvgIpc) is 2.29. The van der Waals surface area contributed by atoms with Gasteiger partial charge in [0.15, 0.2) is 0 Å². The maximum atomic E-state index is 10.1. The third-order valence-electron chi connectivity index (χ3n) is 2.45. The zero-order valence-corrected chi connectivity index (χ0v) is 9.52. The number of aliphatic hydroxyl groups is 1. The van der Waals surface area contributed by atoms with Crippen LogP contribution in [0.25, 0.3) is 0 Å². The predicted octanol–water partition coefficient (Wildman–Crippen LogP) is 2.93. The van der Waals surface area contributed by atoms with E-state index in [9.17, 15) is 5.11 Å². The molecule has 0 saturated carbocycles. The monoisotopic (exact) mass is 208 g/mol. The quantitative estimate of drug-likeness (QED) is 0.779. The van der Waals surface area contributed by atoms with Gasteiger partial charge in [0.25, 0.3) is 0 Å². The summed E-state index contributed by atoms with van der Waals surface area (Å²) in [5, 5.41) is 10.1. The van der Waals surface area contributed by atoms with Gasteiger partial charge in [-0.2, -0.15) is 0 Å². The third-order valence-corrected chi connectivity index (χ3v) is 2.45. The molecule has 0 heterocycles. The van der Waals surface area contributed by atoms with Crippen molar-refractivity contribution in [3.05, 3.63) is 35.9 Å². The van der Waals surface area contributed by atoms with E-state index in [1.165, 1.54) is 0 Å². The van der Waals surface area contributed by atoms with Gasteiger partial charge in [0.1, 0.15) is 6.10 Å². The van der Waals surface area contributed by atoms with Crippen LogP contribution in [0.1, 0.15) is 38.4 Å². The Hall–Kier alpha value is -0.860. The normalized spacial score (nSPS) is 14.9. The molecule has 1 aromatic rings. The van der Waals surface area contributed by atoms with Crippen molar-refractivity contribution in [2.75, 3.05) is 6.61 Å². The molecule has 2 heteroatoms. The van der Waals surface area contributed by atoms with Crippen LogP contribution >= 0.6 is 0 Å². The van der Waals surface area contributed by atoms with Crippen molar-refractivity contribution in [1.82, 2.24) is 0 Å². The Morgan fingerprint density at radius 2 is 1.87 bits per heavy atom. The minimum Gasteiger partial charge on any atom is -0.386 e. The van der Waals surface area contributed by atoms with Crippen LogP contribution < -0.4 is 0 Å². The van der Waals surface area contributed by atoms with Crippen molar-refractivity contribution in [3.63, 3.8) is 0 Å². The number of aliphatic hydroxyl groups excluding tert-OH is 1. The molecule has 1 rings (SSSR count). The number of benzene rings is 1. The van der Waals surface area contributed by atoms with E-state index in [0.29, 0.717) is 6.61 Å². The van der Waals surface area contributed by atoms with Gasteiger partial charge in [0, 0.05) is 6.61 Å². The van der Waals surface area contributed by atoms with E-state index >= 15 is 0 Å². The molecule has 0 aliphatic carbocycles. The van der Waals surface area contributed by atoms with Gasteiger partial charge in [-0.05, 0) is 18.9 Å². The molecule has 1 aromatic carbocycles. The number of ether oxygens (including phenoxy) is 1. The van der Waals surface area contributed by atoms with Crippen molar-refractivity contribution >= 4 is 0 Å². The highest BCUT2D eigenvalue weighted by atomic mass is 16.5. The summed E-state index contributed by atoms with van der Waals surface area (Å²) >= 11 is 0. The molecule has 0 aliphatic rings. The van der Waals surface area contributed by atoms with Gasteiger partial charge in [0.05, 0.1) is 6.10 Å². The topological polar surface area (TPSA) is 29.5 Å². The first-order chi connectivity index (χ1) is 7.29. The summed E-state index contributed by atoms with van der Waals surface area (Å²) in [7, 11) is 0. The number of hydrogen-bond donors (Lipinski definition) is 1. The Bertz CT molecular complexity index is 252. The van der Waals surface area contributed by atoms with Gasteiger partial charge in [-0.1, -0.05) is 43.7 Å². The van der Waals surface area contributed by atoms with Crippen LogP contribution in [0.4, 0.5) is 0 Å². The first kappa shape index (κ1) is 12.2. The molecule has 0 saturated heterocycles. The van der Waals surface area contributed by atoms with Crippen LogP contribution in [-0.4, -0.2) is 17.8 Å². The molecule has 15 heavy (non-hydrogen) atoms. The molecular formula is C13H20O2. The van der Waals surface area contributed by atoms with Crippen LogP contribution in [0.5, 0.6) is 0 Å². The number of hydrogen-bond acceptors (Lipinski definition) is 2. The fourth-order valence-electron chi connectivity index (χ4n) is 1.70. The second-order valence-corrected chi connectivity index (χ2v) is 3.64. The van der Waals surface area contributed by atoms with Gasteiger partial charge >= 0.3 is 0 Å². The van der Waals surface area contributed by atoms with E-state index in [1.807, 2.05) is 37.3 Å². The van der Waals surface area contributed by atoms with Crippen LogP contribution in [0.2, 0.25) is 0 Å².